The van der Waals surface area contributed by atoms with Crippen molar-refractivity contribution in [3.63, 3.8) is 0 Å². The van der Waals surface area contributed by atoms with Gasteiger partial charge < -0.3 is 21.1 Å². The standard InChI is InChI=1S/C15H27N3O4/c19-13(11-12-5-2-1-3-6-12)16-9-10-18-15(22)17-8-4-7-14(20)21/h12H,1-11H2,(H,16,19)(H,20,21)(H2,17,18,22). The Kier molecular flexibility index (Phi) is 9.02. The van der Waals surface area contributed by atoms with Crippen molar-refractivity contribution in [2.75, 3.05) is 19.6 Å². The molecule has 0 aliphatic heterocycles. The van der Waals surface area contributed by atoms with Gasteiger partial charge in [-0.2, -0.15) is 0 Å². The fraction of sp³-hybridized carbons (Fsp3) is 0.800. The largest absolute Gasteiger partial charge is 0.481 e. The molecule has 0 bridgehead atoms. The van der Waals surface area contributed by atoms with Gasteiger partial charge in [0.05, 0.1) is 0 Å². The van der Waals surface area contributed by atoms with E-state index in [9.17, 15) is 14.4 Å². The monoisotopic (exact) mass is 313 g/mol. The topological polar surface area (TPSA) is 108 Å². The summed E-state index contributed by atoms with van der Waals surface area (Å²) in [6.07, 6.45) is 7.04. The summed E-state index contributed by atoms with van der Waals surface area (Å²) in [6, 6.07) is -0.341. The molecule has 1 rings (SSSR count). The van der Waals surface area contributed by atoms with Crippen LogP contribution in [0.25, 0.3) is 0 Å². The minimum Gasteiger partial charge on any atom is -0.481 e. The van der Waals surface area contributed by atoms with Crippen LogP contribution < -0.4 is 16.0 Å². The maximum Gasteiger partial charge on any atom is 0.314 e. The van der Waals surface area contributed by atoms with Gasteiger partial charge in [0.2, 0.25) is 5.91 Å². The average molecular weight is 313 g/mol. The first-order valence-electron chi connectivity index (χ1n) is 8.08. The third-order valence-electron chi connectivity index (χ3n) is 3.78. The summed E-state index contributed by atoms with van der Waals surface area (Å²) >= 11 is 0. The zero-order valence-corrected chi connectivity index (χ0v) is 13.0. The summed E-state index contributed by atoms with van der Waals surface area (Å²) in [5.74, 6) is -0.308. The number of nitrogens with one attached hydrogen (secondary N) is 3. The second-order valence-electron chi connectivity index (χ2n) is 5.74. The highest BCUT2D eigenvalue weighted by Gasteiger charge is 2.16. The van der Waals surface area contributed by atoms with Crippen LogP contribution in [0.15, 0.2) is 0 Å². The molecule has 0 aromatic carbocycles. The molecular weight excluding hydrogens is 286 g/mol. The molecule has 0 saturated heterocycles. The van der Waals surface area contributed by atoms with Crippen molar-refractivity contribution in [1.29, 1.82) is 0 Å². The summed E-state index contributed by atoms with van der Waals surface area (Å²) in [5, 5.41) is 16.4. The molecule has 1 saturated carbocycles. The van der Waals surface area contributed by atoms with Gasteiger partial charge in [0.1, 0.15) is 0 Å². The Labute approximate surface area is 131 Å². The Morgan fingerprint density at radius 3 is 2.23 bits per heavy atom. The summed E-state index contributed by atoms with van der Waals surface area (Å²) in [5.41, 5.74) is 0. The van der Waals surface area contributed by atoms with Gasteiger partial charge in [-0.05, 0) is 25.2 Å². The van der Waals surface area contributed by atoms with E-state index in [0.717, 1.165) is 12.8 Å². The quantitative estimate of drug-likeness (QED) is 0.480. The number of hydrogen-bond acceptors (Lipinski definition) is 3. The molecule has 0 heterocycles. The molecular formula is C15H27N3O4. The lowest BCUT2D eigenvalue weighted by Crippen LogP contribution is -2.40. The summed E-state index contributed by atoms with van der Waals surface area (Å²) < 4.78 is 0. The number of amides is 3. The molecule has 0 spiro atoms. The SMILES string of the molecule is O=C(O)CCCNC(=O)NCCNC(=O)CC1CCCCC1. The minimum atomic E-state index is -0.872. The first-order valence-corrected chi connectivity index (χ1v) is 8.08. The molecule has 1 aliphatic carbocycles. The third kappa shape index (κ3) is 9.20. The zero-order chi connectivity index (χ0) is 16.2. The van der Waals surface area contributed by atoms with Crippen LogP contribution >= 0.6 is 0 Å². The van der Waals surface area contributed by atoms with Gasteiger partial charge in [-0.15, -0.1) is 0 Å². The number of carbonyl (C=O) groups is 3. The van der Waals surface area contributed by atoms with Crippen LogP contribution in [0, 0.1) is 5.92 Å². The maximum absolute atomic E-state index is 11.7. The van der Waals surface area contributed by atoms with E-state index in [0.29, 0.717) is 38.4 Å². The summed E-state index contributed by atoms with van der Waals surface area (Å²) in [7, 11) is 0. The number of carbonyl (C=O) groups excluding carboxylic acids is 2. The lowest BCUT2D eigenvalue weighted by molar-refractivity contribution is -0.137. The van der Waals surface area contributed by atoms with Crippen molar-refractivity contribution in [3.8, 4) is 0 Å². The van der Waals surface area contributed by atoms with Crippen LogP contribution in [0.3, 0.4) is 0 Å². The molecule has 7 heteroatoms. The zero-order valence-electron chi connectivity index (χ0n) is 13.0. The highest BCUT2D eigenvalue weighted by Crippen LogP contribution is 2.25. The third-order valence-corrected chi connectivity index (χ3v) is 3.78. The van der Waals surface area contributed by atoms with E-state index in [1.54, 1.807) is 0 Å². The van der Waals surface area contributed by atoms with Gasteiger partial charge in [0.15, 0.2) is 0 Å². The number of aliphatic carboxylic acids is 1. The Morgan fingerprint density at radius 2 is 1.55 bits per heavy atom. The van der Waals surface area contributed by atoms with Crippen LogP contribution in [-0.4, -0.2) is 42.6 Å². The molecule has 0 unspecified atom stereocenters. The number of carboxylic acid groups (broad SMARTS) is 1. The smallest absolute Gasteiger partial charge is 0.314 e. The van der Waals surface area contributed by atoms with E-state index in [1.807, 2.05) is 0 Å². The van der Waals surface area contributed by atoms with Crippen LogP contribution in [0.4, 0.5) is 4.79 Å². The predicted molar refractivity (Wildman–Crippen MR) is 82.5 cm³/mol. The molecule has 126 valence electrons. The molecule has 0 aromatic heterocycles. The number of hydrogen-bond donors (Lipinski definition) is 4. The molecule has 7 nitrogen and oxygen atoms in total. The van der Waals surface area contributed by atoms with Gasteiger partial charge in [-0.25, -0.2) is 4.79 Å². The maximum atomic E-state index is 11.7. The van der Waals surface area contributed by atoms with Crippen molar-refractivity contribution in [3.05, 3.63) is 0 Å². The van der Waals surface area contributed by atoms with Crippen LogP contribution in [0.5, 0.6) is 0 Å². The van der Waals surface area contributed by atoms with E-state index in [2.05, 4.69) is 16.0 Å². The Bertz CT molecular complexity index is 368. The van der Waals surface area contributed by atoms with Crippen LogP contribution in [0.1, 0.15) is 51.4 Å². The number of carboxylic acids is 1. The Morgan fingerprint density at radius 1 is 0.909 bits per heavy atom. The van der Waals surface area contributed by atoms with Gasteiger partial charge in [-0.1, -0.05) is 19.3 Å². The van der Waals surface area contributed by atoms with Crippen molar-refractivity contribution in [1.82, 2.24) is 16.0 Å². The number of urea groups is 1. The molecule has 0 radical (unpaired) electrons. The van der Waals surface area contributed by atoms with E-state index in [4.69, 9.17) is 5.11 Å². The first kappa shape index (κ1) is 18.3. The molecule has 1 aliphatic rings. The molecule has 1 fully saturated rings. The normalized spacial score (nSPS) is 15.1. The number of rotatable bonds is 9. The van der Waals surface area contributed by atoms with Gasteiger partial charge in [0, 0.05) is 32.5 Å². The van der Waals surface area contributed by atoms with Gasteiger partial charge >= 0.3 is 12.0 Å². The second-order valence-corrected chi connectivity index (χ2v) is 5.74. The van der Waals surface area contributed by atoms with Gasteiger partial charge in [0.25, 0.3) is 0 Å². The molecule has 0 atom stereocenters. The lowest BCUT2D eigenvalue weighted by Gasteiger charge is -2.20. The van der Waals surface area contributed by atoms with Crippen molar-refractivity contribution < 1.29 is 19.5 Å². The van der Waals surface area contributed by atoms with E-state index < -0.39 is 5.97 Å². The van der Waals surface area contributed by atoms with E-state index >= 15 is 0 Å². The fourth-order valence-corrected chi connectivity index (χ4v) is 2.61. The van der Waals surface area contributed by atoms with Crippen molar-refractivity contribution in [2.24, 2.45) is 5.92 Å². The fourth-order valence-electron chi connectivity index (χ4n) is 2.61. The van der Waals surface area contributed by atoms with Crippen molar-refractivity contribution >= 4 is 17.9 Å². The van der Waals surface area contributed by atoms with Crippen LogP contribution in [-0.2, 0) is 9.59 Å². The molecule has 3 amide bonds. The molecule has 0 aromatic rings. The van der Waals surface area contributed by atoms with E-state index in [1.165, 1.54) is 19.3 Å². The summed E-state index contributed by atoms with van der Waals surface area (Å²) in [6.45, 7) is 1.10. The van der Waals surface area contributed by atoms with E-state index in [-0.39, 0.29) is 18.4 Å². The lowest BCUT2D eigenvalue weighted by atomic mass is 9.87. The van der Waals surface area contributed by atoms with Gasteiger partial charge in [-0.3, -0.25) is 9.59 Å². The first-order chi connectivity index (χ1) is 10.6. The predicted octanol–water partition coefficient (Wildman–Crippen LogP) is 1.24. The average Bonchev–Trinajstić information content (AvgIpc) is 2.49. The Hall–Kier alpha value is -1.79. The highest BCUT2D eigenvalue weighted by atomic mass is 16.4. The minimum absolute atomic E-state index is 0.0392. The summed E-state index contributed by atoms with van der Waals surface area (Å²) in [4.78, 5) is 33.4. The van der Waals surface area contributed by atoms with Crippen molar-refractivity contribution in [2.45, 2.75) is 51.4 Å². The highest BCUT2D eigenvalue weighted by molar-refractivity contribution is 5.76. The molecule has 22 heavy (non-hydrogen) atoms. The Balaban J connectivity index is 1.96. The van der Waals surface area contributed by atoms with Crippen LogP contribution in [0.2, 0.25) is 0 Å². The molecule has 4 N–H and O–H groups in total. The second kappa shape index (κ2) is 10.9.